The molecule has 3 rings (SSSR count). The summed E-state index contributed by atoms with van der Waals surface area (Å²) in [4.78, 5) is 24.4. The van der Waals surface area contributed by atoms with Gasteiger partial charge in [0.2, 0.25) is 5.91 Å². The minimum atomic E-state index is -4.51. The van der Waals surface area contributed by atoms with Gasteiger partial charge in [0.05, 0.1) is 24.6 Å². The highest BCUT2D eigenvalue weighted by Crippen LogP contribution is 2.30. The van der Waals surface area contributed by atoms with Crippen molar-refractivity contribution in [2.24, 2.45) is 0 Å². The first-order valence-electron chi connectivity index (χ1n) is 9.68. The van der Waals surface area contributed by atoms with Crippen LogP contribution in [0.5, 0.6) is 5.75 Å². The Morgan fingerprint density at radius 3 is 2.50 bits per heavy atom. The van der Waals surface area contributed by atoms with E-state index >= 15 is 0 Å². The number of amides is 2. The number of carbonyl (C=O) groups excluding carboxylic acids is 2. The third-order valence-corrected chi connectivity index (χ3v) is 4.52. The van der Waals surface area contributed by atoms with Crippen LogP contribution in [0.2, 0.25) is 0 Å². The molecule has 0 atom stereocenters. The molecule has 0 aliphatic carbocycles. The molecule has 0 saturated carbocycles. The summed E-state index contributed by atoms with van der Waals surface area (Å²) < 4.78 is 45.2. The van der Waals surface area contributed by atoms with E-state index in [9.17, 15) is 22.8 Å². The van der Waals surface area contributed by atoms with Crippen LogP contribution in [0.25, 0.3) is 5.69 Å². The summed E-state index contributed by atoms with van der Waals surface area (Å²) in [6.07, 6.45) is -3.14. The average Bonchev–Trinajstić information content (AvgIpc) is 3.22. The number of nitrogens with zero attached hydrogens (tertiary/aromatic N) is 2. The Morgan fingerprint density at radius 2 is 1.81 bits per heavy atom. The predicted molar refractivity (Wildman–Crippen MR) is 110 cm³/mol. The standard InChI is InChI=1S/C22H21F3N4O3/c1-32-18-14-29(17-9-5-8-16(12-17)22(23,24)25)28-20(18)21(31)26-11-10-19(30)27-13-15-6-3-2-4-7-15/h2-9,12,14H,10-11,13H2,1H3,(H,26,31)(H,27,30). The van der Waals surface area contributed by atoms with E-state index in [1.807, 2.05) is 30.3 Å². The Bertz CT molecular complexity index is 1080. The molecule has 2 N–H and O–H groups in total. The van der Waals surface area contributed by atoms with Crippen LogP contribution in [0.1, 0.15) is 28.0 Å². The molecule has 0 fully saturated rings. The Labute approximate surface area is 182 Å². The quantitative estimate of drug-likeness (QED) is 0.556. The molecule has 2 aromatic carbocycles. The van der Waals surface area contributed by atoms with E-state index in [-0.39, 0.29) is 36.0 Å². The largest absolute Gasteiger partial charge is 0.493 e. The maximum Gasteiger partial charge on any atom is 0.416 e. The number of rotatable bonds is 8. The molecule has 0 unspecified atom stereocenters. The number of ether oxygens (including phenoxy) is 1. The van der Waals surface area contributed by atoms with Crippen LogP contribution in [0, 0.1) is 0 Å². The van der Waals surface area contributed by atoms with E-state index in [2.05, 4.69) is 15.7 Å². The van der Waals surface area contributed by atoms with Gasteiger partial charge in [-0.1, -0.05) is 36.4 Å². The van der Waals surface area contributed by atoms with Crippen molar-refractivity contribution in [2.45, 2.75) is 19.1 Å². The highest BCUT2D eigenvalue weighted by atomic mass is 19.4. The van der Waals surface area contributed by atoms with Crippen LogP contribution in [0.15, 0.2) is 60.8 Å². The van der Waals surface area contributed by atoms with Crippen molar-refractivity contribution in [3.05, 3.63) is 77.6 Å². The second-order valence-corrected chi connectivity index (χ2v) is 6.81. The molecule has 0 bridgehead atoms. The normalized spacial score (nSPS) is 11.1. The summed E-state index contributed by atoms with van der Waals surface area (Å²) in [6.45, 7) is 0.432. The smallest absolute Gasteiger partial charge is 0.416 e. The summed E-state index contributed by atoms with van der Waals surface area (Å²) in [6, 6.07) is 13.9. The SMILES string of the molecule is COc1cn(-c2cccc(C(F)(F)F)c2)nc1C(=O)NCCC(=O)NCc1ccccc1. The van der Waals surface area contributed by atoms with Crippen molar-refractivity contribution in [3.63, 3.8) is 0 Å². The molecule has 0 saturated heterocycles. The van der Waals surface area contributed by atoms with Gasteiger partial charge in [-0.2, -0.15) is 18.3 Å². The van der Waals surface area contributed by atoms with Crippen molar-refractivity contribution in [1.82, 2.24) is 20.4 Å². The third kappa shape index (κ3) is 5.87. The van der Waals surface area contributed by atoms with Crippen LogP contribution < -0.4 is 15.4 Å². The number of benzene rings is 2. The first kappa shape index (κ1) is 22.9. The van der Waals surface area contributed by atoms with Crippen molar-refractivity contribution >= 4 is 11.8 Å². The fraction of sp³-hybridized carbons (Fsp3) is 0.227. The van der Waals surface area contributed by atoms with Gasteiger partial charge in [-0.05, 0) is 23.8 Å². The molecular weight excluding hydrogens is 425 g/mol. The van der Waals surface area contributed by atoms with Gasteiger partial charge < -0.3 is 15.4 Å². The summed E-state index contributed by atoms with van der Waals surface area (Å²) in [5, 5.41) is 9.38. The minimum Gasteiger partial charge on any atom is -0.493 e. The van der Waals surface area contributed by atoms with Gasteiger partial charge in [-0.3, -0.25) is 9.59 Å². The van der Waals surface area contributed by atoms with Gasteiger partial charge in [0.15, 0.2) is 11.4 Å². The van der Waals surface area contributed by atoms with Gasteiger partial charge in [-0.15, -0.1) is 0 Å². The Hall–Kier alpha value is -3.82. The molecular formula is C22H21F3N4O3. The molecule has 0 radical (unpaired) electrons. The third-order valence-electron chi connectivity index (χ3n) is 4.52. The average molecular weight is 446 g/mol. The Morgan fingerprint density at radius 1 is 1.06 bits per heavy atom. The van der Waals surface area contributed by atoms with Gasteiger partial charge in [0.1, 0.15) is 0 Å². The zero-order valence-corrected chi connectivity index (χ0v) is 17.1. The van der Waals surface area contributed by atoms with Gasteiger partial charge in [0, 0.05) is 19.5 Å². The molecule has 2 amide bonds. The number of alkyl halides is 3. The van der Waals surface area contributed by atoms with Gasteiger partial charge >= 0.3 is 6.18 Å². The second kappa shape index (κ2) is 9.99. The van der Waals surface area contributed by atoms with Crippen molar-refractivity contribution in [2.75, 3.05) is 13.7 Å². The highest BCUT2D eigenvalue weighted by molar-refractivity contribution is 5.95. The number of nitrogens with one attached hydrogen (secondary N) is 2. The molecule has 0 spiro atoms. The van der Waals surface area contributed by atoms with E-state index in [4.69, 9.17) is 4.74 Å². The lowest BCUT2D eigenvalue weighted by atomic mass is 10.2. The zero-order valence-electron chi connectivity index (χ0n) is 17.1. The number of halogens is 3. The summed E-state index contributed by atoms with van der Waals surface area (Å²) >= 11 is 0. The molecule has 7 nitrogen and oxygen atoms in total. The number of aromatic nitrogens is 2. The van der Waals surface area contributed by atoms with Crippen LogP contribution in [0.3, 0.4) is 0 Å². The molecule has 32 heavy (non-hydrogen) atoms. The predicted octanol–water partition coefficient (Wildman–Crippen LogP) is 3.34. The second-order valence-electron chi connectivity index (χ2n) is 6.81. The minimum absolute atomic E-state index is 0.0508. The van der Waals surface area contributed by atoms with Crippen LogP contribution in [-0.4, -0.2) is 35.2 Å². The van der Waals surface area contributed by atoms with E-state index in [0.29, 0.717) is 6.54 Å². The highest BCUT2D eigenvalue weighted by Gasteiger charge is 2.30. The van der Waals surface area contributed by atoms with Crippen LogP contribution >= 0.6 is 0 Å². The fourth-order valence-corrected chi connectivity index (χ4v) is 2.88. The first-order chi connectivity index (χ1) is 15.3. The number of carbonyl (C=O) groups is 2. The lowest BCUT2D eigenvalue weighted by Gasteiger charge is -2.08. The van der Waals surface area contributed by atoms with Crippen LogP contribution in [-0.2, 0) is 17.5 Å². The lowest BCUT2D eigenvalue weighted by molar-refractivity contribution is -0.137. The van der Waals surface area contributed by atoms with E-state index in [0.717, 1.165) is 22.4 Å². The molecule has 3 aromatic rings. The summed E-state index contributed by atoms with van der Waals surface area (Å²) in [5.41, 5.74) is 0.138. The molecule has 10 heteroatoms. The maximum absolute atomic E-state index is 13.0. The fourth-order valence-electron chi connectivity index (χ4n) is 2.88. The molecule has 1 heterocycles. The summed E-state index contributed by atoms with van der Waals surface area (Å²) in [5.74, 6) is -0.757. The lowest BCUT2D eigenvalue weighted by Crippen LogP contribution is -2.31. The Balaban J connectivity index is 1.60. The zero-order chi connectivity index (χ0) is 23.1. The molecule has 168 valence electrons. The topological polar surface area (TPSA) is 85.2 Å². The first-order valence-corrected chi connectivity index (χ1v) is 9.68. The molecule has 1 aromatic heterocycles. The number of methoxy groups -OCH3 is 1. The van der Waals surface area contributed by atoms with Gasteiger partial charge in [-0.25, -0.2) is 4.68 Å². The van der Waals surface area contributed by atoms with Gasteiger partial charge in [0.25, 0.3) is 5.91 Å². The van der Waals surface area contributed by atoms with E-state index in [1.165, 1.54) is 25.4 Å². The van der Waals surface area contributed by atoms with Crippen molar-refractivity contribution in [3.8, 4) is 11.4 Å². The number of hydrogen-bond donors (Lipinski definition) is 2. The van der Waals surface area contributed by atoms with Crippen LogP contribution in [0.4, 0.5) is 13.2 Å². The van der Waals surface area contributed by atoms with Crippen molar-refractivity contribution in [1.29, 1.82) is 0 Å². The van der Waals surface area contributed by atoms with E-state index in [1.54, 1.807) is 0 Å². The Kier molecular flexibility index (Phi) is 7.14. The summed E-state index contributed by atoms with van der Waals surface area (Å²) in [7, 11) is 1.32. The van der Waals surface area contributed by atoms with Crippen molar-refractivity contribution < 1.29 is 27.5 Å². The molecule has 0 aliphatic heterocycles. The number of hydrogen-bond acceptors (Lipinski definition) is 4. The monoisotopic (exact) mass is 446 g/mol. The van der Waals surface area contributed by atoms with E-state index < -0.39 is 17.6 Å². The maximum atomic E-state index is 13.0. The molecule has 0 aliphatic rings.